The topological polar surface area (TPSA) is 60.9 Å². The van der Waals surface area contributed by atoms with Crippen LogP contribution in [0.1, 0.15) is 43.0 Å². The van der Waals surface area contributed by atoms with Gasteiger partial charge in [-0.2, -0.15) is 0 Å². The third-order valence-corrected chi connectivity index (χ3v) is 6.64. The van der Waals surface area contributed by atoms with Gasteiger partial charge in [0, 0.05) is 30.9 Å². The van der Waals surface area contributed by atoms with Gasteiger partial charge in [-0.3, -0.25) is 14.5 Å². The molecule has 5 heteroatoms. The Hall–Kier alpha value is -3.86. The van der Waals surface area contributed by atoms with E-state index in [0.29, 0.717) is 12.1 Å². The Bertz CT molecular complexity index is 1210. The van der Waals surface area contributed by atoms with Crippen molar-refractivity contribution >= 4 is 23.1 Å². The molecule has 0 saturated heterocycles. The Morgan fingerprint density at radius 3 is 2.14 bits per heavy atom. The number of carbonyl (C=O) groups excluding carboxylic acids is 2. The fourth-order valence-corrected chi connectivity index (χ4v) is 4.67. The minimum atomic E-state index is -0.681. The highest BCUT2D eigenvalue weighted by Gasteiger charge is 2.44. The zero-order chi connectivity index (χ0) is 24.9. The summed E-state index contributed by atoms with van der Waals surface area (Å²) in [6, 6.07) is 24.6. The largest absolute Gasteiger partial charge is 0.503 e. The highest BCUT2D eigenvalue weighted by atomic mass is 16.3. The van der Waals surface area contributed by atoms with E-state index in [2.05, 4.69) is 18.7 Å². The molecule has 35 heavy (non-hydrogen) atoms. The minimum absolute atomic E-state index is 0.169. The summed E-state index contributed by atoms with van der Waals surface area (Å²) in [4.78, 5) is 30.5. The van der Waals surface area contributed by atoms with Gasteiger partial charge in [0.15, 0.2) is 11.5 Å². The molecule has 1 heterocycles. The summed E-state index contributed by atoms with van der Waals surface area (Å²) in [5.74, 6) is -1.22. The number of nitrogens with zero attached hydrogens (tertiary/aromatic N) is 2. The maximum atomic E-state index is 13.5. The molecule has 1 aliphatic rings. The molecule has 0 saturated carbocycles. The summed E-state index contributed by atoms with van der Waals surface area (Å²) < 4.78 is 0. The van der Waals surface area contributed by atoms with E-state index in [9.17, 15) is 14.7 Å². The molecule has 1 N–H and O–H groups in total. The van der Waals surface area contributed by atoms with Gasteiger partial charge in [-0.25, -0.2) is 0 Å². The molecule has 1 aliphatic heterocycles. The van der Waals surface area contributed by atoms with Gasteiger partial charge in [0.25, 0.3) is 5.91 Å². The number of aryl methyl sites for hydroxylation is 2. The molecular weight excluding hydrogens is 436 g/mol. The Morgan fingerprint density at radius 2 is 1.54 bits per heavy atom. The van der Waals surface area contributed by atoms with Crippen molar-refractivity contribution in [2.24, 2.45) is 0 Å². The van der Waals surface area contributed by atoms with Crippen LogP contribution in [0.15, 0.2) is 90.2 Å². The van der Waals surface area contributed by atoms with Gasteiger partial charge >= 0.3 is 0 Å². The molecule has 0 aromatic heterocycles. The number of Topliss-reactive ketones (excluding diaryl/α,β-unsaturated/α-hetero) is 1. The summed E-state index contributed by atoms with van der Waals surface area (Å²) in [5.41, 5.74) is 4.80. The van der Waals surface area contributed by atoms with E-state index in [1.165, 1.54) is 4.90 Å². The van der Waals surface area contributed by atoms with E-state index < -0.39 is 17.7 Å². The van der Waals surface area contributed by atoms with E-state index in [4.69, 9.17) is 0 Å². The molecule has 180 valence electrons. The molecule has 0 fully saturated rings. The minimum Gasteiger partial charge on any atom is -0.503 e. The normalized spacial score (nSPS) is 15.6. The smallest absolute Gasteiger partial charge is 0.294 e. The molecule has 4 rings (SSSR count). The van der Waals surface area contributed by atoms with Crippen LogP contribution < -0.4 is 9.80 Å². The highest BCUT2D eigenvalue weighted by molar-refractivity contribution is 6.16. The van der Waals surface area contributed by atoms with Crippen molar-refractivity contribution in [2.75, 3.05) is 22.9 Å². The Labute approximate surface area is 207 Å². The number of rotatable bonds is 9. The van der Waals surface area contributed by atoms with E-state index in [-0.39, 0.29) is 17.8 Å². The van der Waals surface area contributed by atoms with Crippen LogP contribution in [0.5, 0.6) is 0 Å². The lowest BCUT2D eigenvalue weighted by Crippen LogP contribution is -2.31. The van der Waals surface area contributed by atoms with Crippen LogP contribution in [0.4, 0.5) is 11.4 Å². The van der Waals surface area contributed by atoms with Crippen LogP contribution >= 0.6 is 0 Å². The van der Waals surface area contributed by atoms with E-state index in [0.717, 1.165) is 35.5 Å². The molecule has 1 unspecified atom stereocenters. The molecule has 1 amide bonds. The first kappa shape index (κ1) is 24.3. The van der Waals surface area contributed by atoms with Gasteiger partial charge < -0.3 is 10.0 Å². The second-order valence-electron chi connectivity index (χ2n) is 8.85. The summed E-state index contributed by atoms with van der Waals surface area (Å²) in [6.07, 6.45) is 0.759. The molecule has 0 aliphatic carbocycles. The number of ketones is 1. The molecule has 0 spiro atoms. The van der Waals surface area contributed by atoms with Crippen LogP contribution in [-0.2, 0) is 16.0 Å². The van der Waals surface area contributed by atoms with Crippen LogP contribution in [0, 0.1) is 6.92 Å². The first-order chi connectivity index (χ1) is 16.9. The fraction of sp³-hybridized carbons (Fsp3) is 0.267. The standard InChI is InChI=1S/C30H32N2O3/c1-4-31(5-2)24-18-14-23(15-19-24)28-27(26(33)20-13-22-9-7-6-8-10-22)29(34)30(35)32(28)25-16-11-21(3)12-17-25/h6-12,14-19,28,34H,4-5,13,20H2,1-3H3. The van der Waals surface area contributed by atoms with Crippen LogP contribution in [0.25, 0.3) is 0 Å². The molecule has 3 aromatic carbocycles. The third kappa shape index (κ3) is 4.99. The van der Waals surface area contributed by atoms with Crippen LogP contribution in [-0.4, -0.2) is 29.9 Å². The van der Waals surface area contributed by atoms with Crippen LogP contribution in [0.3, 0.4) is 0 Å². The Kier molecular flexibility index (Phi) is 7.35. The fourth-order valence-electron chi connectivity index (χ4n) is 4.67. The van der Waals surface area contributed by atoms with Gasteiger partial charge in [0.1, 0.15) is 0 Å². The second-order valence-corrected chi connectivity index (χ2v) is 8.85. The number of hydrogen-bond donors (Lipinski definition) is 1. The Morgan fingerprint density at radius 1 is 0.914 bits per heavy atom. The monoisotopic (exact) mass is 468 g/mol. The van der Waals surface area contributed by atoms with Crippen molar-refractivity contribution in [3.63, 3.8) is 0 Å². The number of aliphatic hydroxyl groups is 1. The van der Waals surface area contributed by atoms with E-state index >= 15 is 0 Å². The number of aliphatic hydroxyl groups excluding tert-OH is 1. The first-order valence-electron chi connectivity index (χ1n) is 12.2. The molecule has 0 bridgehead atoms. The predicted molar refractivity (Wildman–Crippen MR) is 141 cm³/mol. The lowest BCUT2D eigenvalue weighted by molar-refractivity contribution is -0.118. The number of hydrogen-bond acceptors (Lipinski definition) is 4. The summed E-state index contributed by atoms with van der Waals surface area (Å²) in [5, 5.41) is 10.9. The van der Waals surface area contributed by atoms with Gasteiger partial charge in [0.05, 0.1) is 11.6 Å². The number of amides is 1. The molecule has 3 aromatic rings. The van der Waals surface area contributed by atoms with Crippen molar-refractivity contribution in [2.45, 2.75) is 39.7 Å². The average molecular weight is 469 g/mol. The van der Waals surface area contributed by atoms with Gasteiger partial charge in [-0.05, 0) is 62.6 Å². The van der Waals surface area contributed by atoms with Crippen molar-refractivity contribution in [1.29, 1.82) is 0 Å². The maximum absolute atomic E-state index is 13.5. The number of benzene rings is 3. The highest BCUT2D eigenvalue weighted by Crippen LogP contribution is 2.42. The van der Waals surface area contributed by atoms with Crippen molar-refractivity contribution in [3.05, 3.63) is 107 Å². The van der Waals surface area contributed by atoms with E-state index in [1.54, 1.807) is 0 Å². The first-order valence-corrected chi connectivity index (χ1v) is 12.2. The summed E-state index contributed by atoms with van der Waals surface area (Å²) in [7, 11) is 0. The van der Waals surface area contributed by atoms with Gasteiger partial charge in [-0.1, -0.05) is 60.2 Å². The molecular formula is C30H32N2O3. The summed E-state index contributed by atoms with van der Waals surface area (Å²) in [6.45, 7) is 7.97. The molecule has 0 radical (unpaired) electrons. The van der Waals surface area contributed by atoms with Crippen molar-refractivity contribution in [3.8, 4) is 0 Å². The molecule has 1 atom stereocenters. The molecule has 5 nitrogen and oxygen atoms in total. The summed E-state index contributed by atoms with van der Waals surface area (Å²) >= 11 is 0. The maximum Gasteiger partial charge on any atom is 0.294 e. The third-order valence-electron chi connectivity index (χ3n) is 6.64. The van der Waals surface area contributed by atoms with Crippen molar-refractivity contribution in [1.82, 2.24) is 0 Å². The van der Waals surface area contributed by atoms with Crippen molar-refractivity contribution < 1.29 is 14.7 Å². The van der Waals surface area contributed by atoms with Gasteiger partial charge in [-0.15, -0.1) is 0 Å². The number of anilines is 2. The quantitative estimate of drug-likeness (QED) is 0.422. The Balaban J connectivity index is 1.72. The zero-order valence-corrected chi connectivity index (χ0v) is 20.6. The van der Waals surface area contributed by atoms with E-state index in [1.807, 2.05) is 85.8 Å². The lowest BCUT2D eigenvalue weighted by Gasteiger charge is -2.28. The lowest BCUT2D eigenvalue weighted by atomic mass is 9.92. The predicted octanol–water partition coefficient (Wildman–Crippen LogP) is 5.94. The SMILES string of the molecule is CCN(CC)c1ccc(C2C(C(=O)CCc3ccccc3)=C(O)C(=O)N2c2ccc(C)cc2)cc1. The second kappa shape index (κ2) is 10.6. The van der Waals surface area contributed by atoms with Crippen LogP contribution in [0.2, 0.25) is 0 Å². The average Bonchev–Trinajstić information content (AvgIpc) is 3.15. The number of carbonyl (C=O) groups is 2. The zero-order valence-electron chi connectivity index (χ0n) is 20.6. The van der Waals surface area contributed by atoms with Gasteiger partial charge in [0.2, 0.25) is 0 Å².